The number of aliphatic hydroxyl groups excluding tert-OH is 2. The fraction of sp³-hybridized carbons (Fsp3) is 0.737. The van der Waals surface area contributed by atoms with Gasteiger partial charge in [0.1, 0.15) is 19.3 Å². The van der Waals surface area contributed by atoms with Crippen LogP contribution in [0.5, 0.6) is 0 Å². The van der Waals surface area contributed by atoms with Gasteiger partial charge in [0.2, 0.25) is 0 Å². The van der Waals surface area contributed by atoms with Gasteiger partial charge in [0.25, 0.3) is 0 Å². The number of esters is 2. The van der Waals surface area contributed by atoms with E-state index in [-0.39, 0.29) is 31.3 Å². The van der Waals surface area contributed by atoms with Crippen molar-refractivity contribution in [3.63, 3.8) is 0 Å². The maximum Gasteiger partial charge on any atom is 0.305 e. The zero-order chi connectivity index (χ0) is 32.5. The van der Waals surface area contributed by atoms with Crippen LogP contribution in [-0.2, 0) is 19.1 Å². The Labute approximate surface area is 270 Å². The van der Waals surface area contributed by atoms with Gasteiger partial charge in [0.05, 0.1) is 6.10 Å². The van der Waals surface area contributed by atoms with Crippen molar-refractivity contribution in [2.75, 3.05) is 13.2 Å². The van der Waals surface area contributed by atoms with Crippen LogP contribution in [0, 0.1) is 5.92 Å². The number of rotatable bonds is 30. The first-order chi connectivity index (χ1) is 21.3. The van der Waals surface area contributed by atoms with E-state index in [1.165, 1.54) is 44.9 Å². The standard InChI is InChI=1S/C38H66O6/c1-4-35(39)29-25-21-17-13-9-7-5-6-8-10-14-18-22-26-30-37(41)43-32-36(40)33-44-38(42)31-27-23-19-15-11-12-16-20-24-28-34(2)3/h6-9,14,17-18,21,34-36,39-40H,4-5,10-13,15-16,19-20,22-33H2,1-3H3/b8-6-,9-7-,18-14-,21-17-/t35-,36-/m0/s1. The smallest absolute Gasteiger partial charge is 0.305 e. The Morgan fingerprint density at radius 3 is 1.48 bits per heavy atom. The Balaban J connectivity index is 3.59. The Morgan fingerprint density at radius 2 is 0.977 bits per heavy atom. The van der Waals surface area contributed by atoms with E-state index in [1.54, 1.807) is 0 Å². The topological polar surface area (TPSA) is 93.1 Å². The molecule has 0 aromatic heterocycles. The molecule has 0 heterocycles. The molecule has 0 aliphatic rings. The maximum atomic E-state index is 11.9. The number of hydrogen-bond donors (Lipinski definition) is 2. The minimum Gasteiger partial charge on any atom is -0.463 e. The van der Waals surface area contributed by atoms with Gasteiger partial charge in [-0.1, -0.05) is 127 Å². The van der Waals surface area contributed by atoms with Crippen LogP contribution in [0.25, 0.3) is 0 Å². The first-order valence-electron chi connectivity index (χ1n) is 17.6. The zero-order valence-corrected chi connectivity index (χ0v) is 28.4. The largest absolute Gasteiger partial charge is 0.463 e. The van der Waals surface area contributed by atoms with Crippen LogP contribution in [0.2, 0.25) is 0 Å². The molecule has 0 amide bonds. The molecule has 6 nitrogen and oxygen atoms in total. The number of hydrogen-bond acceptors (Lipinski definition) is 6. The van der Waals surface area contributed by atoms with Crippen molar-refractivity contribution in [1.82, 2.24) is 0 Å². The molecule has 0 radical (unpaired) electrons. The van der Waals surface area contributed by atoms with Crippen molar-refractivity contribution in [3.05, 3.63) is 48.6 Å². The first kappa shape index (κ1) is 41.8. The number of allylic oxidation sites excluding steroid dienone is 8. The van der Waals surface area contributed by atoms with Crippen molar-refractivity contribution in [2.24, 2.45) is 5.92 Å². The Morgan fingerprint density at radius 1 is 0.545 bits per heavy atom. The molecule has 44 heavy (non-hydrogen) atoms. The van der Waals surface area contributed by atoms with Gasteiger partial charge in [-0.3, -0.25) is 9.59 Å². The average Bonchev–Trinajstić information content (AvgIpc) is 3.00. The van der Waals surface area contributed by atoms with Gasteiger partial charge in [0.15, 0.2) is 0 Å². The molecule has 0 rings (SSSR count). The molecule has 0 spiro atoms. The molecule has 2 N–H and O–H groups in total. The average molecular weight is 619 g/mol. The molecular formula is C38H66O6. The molecule has 0 aromatic carbocycles. The van der Waals surface area contributed by atoms with Crippen LogP contribution in [0.15, 0.2) is 48.6 Å². The van der Waals surface area contributed by atoms with Crippen LogP contribution in [-0.4, -0.2) is 47.6 Å². The van der Waals surface area contributed by atoms with Gasteiger partial charge < -0.3 is 19.7 Å². The summed E-state index contributed by atoms with van der Waals surface area (Å²) in [5, 5.41) is 19.5. The van der Waals surface area contributed by atoms with E-state index in [0.717, 1.165) is 70.1 Å². The Hall–Kier alpha value is -2.18. The van der Waals surface area contributed by atoms with Gasteiger partial charge in [-0.2, -0.15) is 0 Å². The summed E-state index contributed by atoms with van der Waals surface area (Å²) in [6, 6.07) is 0. The highest BCUT2D eigenvalue weighted by Gasteiger charge is 2.12. The van der Waals surface area contributed by atoms with Gasteiger partial charge >= 0.3 is 11.9 Å². The maximum absolute atomic E-state index is 11.9. The lowest BCUT2D eigenvalue weighted by Gasteiger charge is -2.12. The third kappa shape index (κ3) is 32.7. The van der Waals surface area contributed by atoms with Crippen LogP contribution in [0.3, 0.4) is 0 Å². The molecule has 0 unspecified atom stereocenters. The van der Waals surface area contributed by atoms with Crippen LogP contribution in [0.1, 0.15) is 149 Å². The van der Waals surface area contributed by atoms with Crippen molar-refractivity contribution < 1.29 is 29.3 Å². The number of carbonyl (C=O) groups is 2. The summed E-state index contributed by atoms with van der Waals surface area (Å²) in [6.07, 6.45) is 35.4. The lowest BCUT2D eigenvalue weighted by molar-refractivity contribution is -0.152. The number of ether oxygens (including phenoxy) is 2. The van der Waals surface area contributed by atoms with Gasteiger partial charge in [-0.05, 0) is 63.7 Å². The van der Waals surface area contributed by atoms with Crippen LogP contribution < -0.4 is 0 Å². The molecule has 0 aliphatic carbocycles. The molecule has 254 valence electrons. The molecule has 0 bridgehead atoms. The lowest BCUT2D eigenvalue weighted by atomic mass is 10.0. The van der Waals surface area contributed by atoms with E-state index < -0.39 is 6.10 Å². The van der Waals surface area contributed by atoms with E-state index in [9.17, 15) is 19.8 Å². The highest BCUT2D eigenvalue weighted by atomic mass is 16.6. The Bertz CT molecular complexity index is 782. The van der Waals surface area contributed by atoms with E-state index in [1.807, 2.05) is 6.92 Å². The number of aliphatic hydroxyl groups is 2. The minimum absolute atomic E-state index is 0.142. The minimum atomic E-state index is -0.994. The molecule has 0 aromatic rings. The van der Waals surface area contributed by atoms with Gasteiger partial charge in [-0.15, -0.1) is 0 Å². The normalized spacial score (nSPS) is 13.6. The second-order valence-corrected chi connectivity index (χ2v) is 12.3. The van der Waals surface area contributed by atoms with Crippen LogP contribution >= 0.6 is 0 Å². The van der Waals surface area contributed by atoms with Crippen molar-refractivity contribution in [2.45, 2.75) is 161 Å². The fourth-order valence-electron chi connectivity index (χ4n) is 4.54. The third-order valence-electron chi connectivity index (χ3n) is 7.41. The second-order valence-electron chi connectivity index (χ2n) is 12.3. The van der Waals surface area contributed by atoms with Crippen molar-refractivity contribution >= 4 is 11.9 Å². The number of carbonyl (C=O) groups excluding carboxylic acids is 2. The Kier molecular flexibility index (Phi) is 30.6. The molecule has 0 fully saturated rings. The fourth-order valence-corrected chi connectivity index (χ4v) is 4.54. The molecule has 0 saturated carbocycles. The predicted octanol–water partition coefficient (Wildman–Crippen LogP) is 9.50. The second kappa shape index (κ2) is 32.2. The predicted molar refractivity (Wildman–Crippen MR) is 183 cm³/mol. The first-order valence-corrected chi connectivity index (χ1v) is 17.6. The van der Waals surface area contributed by atoms with Crippen LogP contribution in [0.4, 0.5) is 0 Å². The summed E-state index contributed by atoms with van der Waals surface area (Å²) in [6.45, 7) is 6.27. The molecule has 0 aliphatic heterocycles. The quantitative estimate of drug-likeness (QED) is 0.0473. The summed E-state index contributed by atoms with van der Waals surface area (Å²) in [5.41, 5.74) is 0. The van der Waals surface area contributed by atoms with E-state index in [4.69, 9.17) is 9.47 Å². The molecule has 0 saturated heterocycles. The number of unbranched alkanes of at least 4 members (excludes halogenated alkanes) is 9. The lowest BCUT2D eigenvalue weighted by Crippen LogP contribution is -2.25. The highest BCUT2D eigenvalue weighted by Crippen LogP contribution is 2.13. The highest BCUT2D eigenvalue weighted by molar-refractivity contribution is 5.69. The van der Waals surface area contributed by atoms with E-state index in [2.05, 4.69) is 62.5 Å². The SMILES string of the molecule is CC[C@H](O)CC/C=C\C/C=C\C/C=C\C/C=C\CCCC(=O)OC[C@H](O)COC(=O)CCCCCCCCCCCC(C)C. The van der Waals surface area contributed by atoms with Crippen molar-refractivity contribution in [1.29, 1.82) is 0 Å². The van der Waals surface area contributed by atoms with Gasteiger partial charge in [-0.25, -0.2) is 0 Å². The van der Waals surface area contributed by atoms with E-state index >= 15 is 0 Å². The zero-order valence-electron chi connectivity index (χ0n) is 28.4. The molecule has 6 heteroatoms. The molecular weight excluding hydrogens is 552 g/mol. The monoisotopic (exact) mass is 618 g/mol. The van der Waals surface area contributed by atoms with Gasteiger partial charge in [0, 0.05) is 12.8 Å². The third-order valence-corrected chi connectivity index (χ3v) is 7.41. The summed E-state index contributed by atoms with van der Waals surface area (Å²) < 4.78 is 10.2. The molecule has 2 atom stereocenters. The summed E-state index contributed by atoms with van der Waals surface area (Å²) in [7, 11) is 0. The van der Waals surface area contributed by atoms with E-state index in [0.29, 0.717) is 19.3 Å². The summed E-state index contributed by atoms with van der Waals surface area (Å²) in [4.78, 5) is 23.8. The summed E-state index contributed by atoms with van der Waals surface area (Å²) in [5.74, 6) is 0.160. The summed E-state index contributed by atoms with van der Waals surface area (Å²) >= 11 is 0. The van der Waals surface area contributed by atoms with Crippen molar-refractivity contribution in [3.8, 4) is 0 Å².